The van der Waals surface area contributed by atoms with E-state index in [2.05, 4.69) is 39.6 Å². The first kappa shape index (κ1) is 20.6. The Morgan fingerprint density at radius 1 is 1.00 bits per heavy atom. The molecule has 0 bridgehead atoms. The Kier molecular flexibility index (Phi) is 5.99. The number of nitrogens with zero attached hydrogens (tertiary/aromatic N) is 3. The van der Waals surface area contributed by atoms with E-state index in [9.17, 15) is 0 Å². The monoisotopic (exact) mass is 434 g/mol. The number of hydrogen-bond donors (Lipinski definition) is 1. The van der Waals surface area contributed by atoms with Crippen LogP contribution in [0.5, 0.6) is 17.2 Å². The first-order chi connectivity index (χ1) is 15.1. The van der Waals surface area contributed by atoms with E-state index < -0.39 is 0 Å². The second-order valence-corrected chi connectivity index (χ2v) is 7.16. The normalized spacial score (nSPS) is 11.2. The average molecular weight is 435 g/mol. The van der Waals surface area contributed by atoms with Crippen molar-refractivity contribution in [2.24, 2.45) is 5.10 Å². The van der Waals surface area contributed by atoms with Crippen molar-refractivity contribution in [2.45, 2.75) is 6.42 Å². The summed E-state index contributed by atoms with van der Waals surface area (Å²) in [4.78, 5) is 0. The van der Waals surface area contributed by atoms with Crippen molar-refractivity contribution < 1.29 is 14.2 Å². The van der Waals surface area contributed by atoms with E-state index in [1.807, 2.05) is 30.3 Å². The first-order valence-electron chi connectivity index (χ1n) is 9.62. The Balaban J connectivity index is 1.69. The molecule has 1 aromatic heterocycles. The SMILES string of the molecule is COc1cc(C=Nn2c(Cc3cccc4ccccc34)n[nH]c2=S)cc(OC)c1OC. The summed E-state index contributed by atoms with van der Waals surface area (Å²) in [5.74, 6) is 2.34. The van der Waals surface area contributed by atoms with Crippen LogP contribution in [-0.4, -0.2) is 42.4 Å². The molecule has 0 saturated heterocycles. The highest BCUT2D eigenvalue weighted by atomic mass is 32.1. The lowest BCUT2D eigenvalue weighted by Gasteiger charge is -2.12. The minimum absolute atomic E-state index is 0.416. The number of aromatic nitrogens is 3. The summed E-state index contributed by atoms with van der Waals surface area (Å²) >= 11 is 5.40. The van der Waals surface area contributed by atoms with Crippen LogP contribution in [0.2, 0.25) is 0 Å². The molecule has 0 saturated carbocycles. The van der Waals surface area contributed by atoms with Crippen molar-refractivity contribution in [3.63, 3.8) is 0 Å². The molecule has 0 aliphatic rings. The highest BCUT2D eigenvalue weighted by Gasteiger charge is 2.13. The summed E-state index contributed by atoms with van der Waals surface area (Å²) in [5, 5.41) is 14.1. The minimum Gasteiger partial charge on any atom is -0.493 e. The molecule has 8 heteroatoms. The van der Waals surface area contributed by atoms with Crippen molar-refractivity contribution in [1.29, 1.82) is 0 Å². The molecule has 0 radical (unpaired) electrons. The van der Waals surface area contributed by atoms with Crippen molar-refractivity contribution in [3.8, 4) is 17.2 Å². The summed E-state index contributed by atoms with van der Waals surface area (Å²) in [6, 6.07) is 18.1. The number of H-pyrrole nitrogens is 1. The predicted molar refractivity (Wildman–Crippen MR) is 123 cm³/mol. The van der Waals surface area contributed by atoms with Gasteiger partial charge in [-0.25, -0.2) is 0 Å². The fourth-order valence-corrected chi connectivity index (χ4v) is 3.67. The predicted octanol–water partition coefficient (Wildman–Crippen LogP) is 4.59. The van der Waals surface area contributed by atoms with Gasteiger partial charge in [-0.1, -0.05) is 42.5 Å². The number of hydrogen-bond acceptors (Lipinski definition) is 6. The van der Waals surface area contributed by atoms with Gasteiger partial charge >= 0.3 is 0 Å². The number of aromatic amines is 1. The minimum atomic E-state index is 0.416. The van der Waals surface area contributed by atoms with Gasteiger partial charge in [-0.2, -0.15) is 14.9 Å². The smallest absolute Gasteiger partial charge is 0.216 e. The van der Waals surface area contributed by atoms with E-state index in [0.717, 1.165) is 11.1 Å². The second-order valence-electron chi connectivity index (χ2n) is 6.78. The maximum Gasteiger partial charge on any atom is 0.216 e. The van der Waals surface area contributed by atoms with Gasteiger partial charge in [0.1, 0.15) is 0 Å². The maximum atomic E-state index is 5.41. The molecule has 4 rings (SSSR count). The molecule has 0 atom stereocenters. The van der Waals surface area contributed by atoms with Crippen LogP contribution in [0.25, 0.3) is 10.8 Å². The zero-order chi connectivity index (χ0) is 21.8. The lowest BCUT2D eigenvalue weighted by molar-refractivity contribution is 0.324. The molecule has 1 N–H and O–H groups in total. The van der Waals surface area contributed by atoms with Gasteiger partial charge in [-0.05, 0) is 40.7 Å². The Morgan fingerprint density at radius 3 is 2.42 bits per heavy atom. The van der Waals surface area contributed by atoms with Crippen molar-refractivity contribution >= 4 is 29.2 Å². The Labute approximate surface area is 184 Å². The summed E-state index contributed by atoms with van der Waals surface area (Å²) in [6.45, 7) is 0. The van der Waals surface area contributed by atoms with Crippen LogP contribution >= 0.6 is 12.2 Å². The Hall–Kier alpha value is -3.65. The molecule has 0 spiro atoms. The van der Waals surface area contributed by atoms with Crippen LogP contribution in [0, 0.1) is 4.77 Å². The summed E-state index contributed by atoms with van der Waals surface area (Å²) in [7, 11) is 4.72. The van der Waals surface area contributed by atoms with Crippen LogP contribution in [0.3, 0.4) is 0 Å². The summed E-state index contributed by atoms with van der Waals surface area (Å²) in [5.41, 5.74) is 1.92. The zero-order valence-corrected chi connectivity index (χ0v) is 18.3. The summed E-state index contributed by atoms with van der Waals surface area (Å²) < 4.78 is 18.2. The molecule has 7 nitrogen and oxygen atoms in total. The molecule has 3 aromatic carbocycles. The van der Waals surface area contributed by atoms with Gasteiger partial charge in [0.2, 0.25) is 10.5 Å². The quantitative estimate of drug-likeness (QED) is 0.340. The van der Waals surface area contributed by atoms with E-state index in [1.165, 1.54) is 10.8 Å². The topological polar surface area (TPSA) is 73.7 Å². The largest absolute Gasteiger partial charge is 0.493 e. The summed E-state index contributed by atoms with van der Waals surface area (Å²) in [6.07, 6.45) is 2.27. The highest BCUT2D eigenvalue weighted by Crippen LogP contribution is 2.37. The lowest BCUT2D eigenvalue weighted by atomic mass is 10.0. The van der Waals surface area contributed by atoms with Crippen molar-refractivity contribution in [3.05, 3.63) is 76.3 Å². The highest BCUT2D eigenvalue weighted by molar-refractivity contribution is 7.71. The molecular formula is C23H22N4O3S. The fraction of sp³-hybridized carbons (Fsp3) is 0.174. The molecule has 31 heavy (non-hydrogen) atoms. The molecule has 0 aliphatic carbocycles. The van der Waals surface area contributed by atoms with E-state index in [1.54, 1.807) is 32.2 Å². The lowest BCUT2D eigenvalue weighted by Crippen LogP contribution is -2.01. The van der Waals surface area contributed by atoms with E-state index in [-0.39, 0.29) is 0 Å². The van der Waals surface area contributed by atoms with Crippen LogP contribution in [0.1, 0.15) is 17.0 Å². The van der Waals surface area contributed by atoms with Crippen LogP contribution in [0.4, 0.5) is 0 Å². The third-order valence-electron chi connectivity index (χ3n) is 4.96. The van der Waals surface area contributed by atoms with Crippen LogP contribution < -0.4 is 14.2 Å². The Morgan fingerprint density at radius 2 is 1.71 bits per heavy atom. The second kappa shape index (κ2) is 9.01. The van der Waals surface area contributed by atoms with Gasteiger partial charge in [0, 0.05) is 12.0 Å². The standard InChI is InChI=1S/C23H22N4O3S/c1-28-19-11-15(12-20(29-2)22(19)30-3)14-24-27-21(25-26-23(27)31)13-17-9-6-8-16-7-4-5-10-18(16)17/h4-12,14H,13H2,1-3H3,(H,26,31). The van der Waals surface area contributed by atoms with Gasteiger partial charge in [0.15, 0.2) is 17.3 Å². The van der Waals surface area contributed by atoms with Gasteiger partial charge in [0.25, 0.3) is 0 Å². The number of benzene rings is 3. The van der Waals surface area contributed by atoms with Crippen molar-refractivity contribution in [1.82, 2.24) is 14.9 Å². The van der Waals surface area contributed by atoms with Gasteiger partial charge in [-0.3, -0.25) is 5.10 Å². The van der Waals surface area contributed by atoms with Gasteiger partial charge in [0.05, 0.1) is 27.5 Å². The van der Waals surface area contributed by atoms with Gasteiger partial charge in [-0.15, -0.1) is 0 Å². The van der Waals surface area contributed by atoms with Gasteiger partial charge < -0.3 is 14.2 Å². The number of fused-ring (bicyclic) bond motifs is 1. The van der Waals surface area contributed by atoms with Crippen LogP contribution in [0.15, 0.2) is 59.7 Å². The van der Waals surface area contributed by atoms with Crippen LogP contribution in [-0.2, 0) is 6.42 Å². The molecule has 158 valence electrons. The molecule has 0 fully saturated rings. The number of methoxy groups -OCH3 is 3. The van der Waals surface area contributed by atoms with E-state index >= 15 is 0 Å². The first-order valence-corrected chi connectivity index (χ1v) is 10.0. The van der Waals surface area contributed by atoms with Crippen molar-refractivity contribution in [2.75, 3.05) is 21.3 Å². The molecular weight excluding hydrogens is 412 g/mol. The molecule has 0 amide bonds. The van der Waals surface area contributed by atoms with E-state index in [4.69, 9.17) is 26.4 Å². The third kappa shape index (κ3) is 4.15. The third-order valence-corrected chi connectivity index (χ3v) is 5.22. The maximum absolute atomic E-state index is 5.41. The molecule has 1 heterocycles. The molecule has 0 aliphatic heterocycles. The zero-order valence-electron chi connectivity index (χ0n) is 17.5. The number of nitrogens with one attached hydrogen (secondary N) is 1. The number of rotatable bonds is 7. The number of ether oxygens (including phenoxy) is 3. The molecule has 0 unspecified atom stereocenters. The molecule has 4 aromatic rings. The average Bonchev–Trinajstić information content (AvgIpc) is 3.15. The Bertz CT molecular complexity index is 1280. The van der Waals surface area contributed by atoms with E-state index in [0.29, 0.717) is 34.3 Å². The fourth-order valence-electron chi connectivity index (χ4n) is 3.48.